The number of nitrogens with zero attached hydrogens (tertiary/aromatic N) is 1. The van der Waals surface area contributed by atoms with Crippen LogP contribution in [0.4, 0.5) is 0 Å². The van der Waals surface area contributed by atoms with Gasteiger partial charge in [0.2, 0.25) is 0 Å². The van der Waals surface area contributed by atoms with Crippen LogP contribution in [-0.4, -0.2) is 30.2 Å². The van der Waals surface area contributed by atoms with Gasteiger partial charge in [0.15, 0.2) is 6.61 Å². The first-order valence-electron chi connectivity index (χ1n) is 10.7. The summed E-state index contributed by atoms with van der Waals surface area (Å²) in [6.07, 6.45) is 1.59. The smallest absolute Gasteiger partial charge is 0.277 e. The van der Waals surface area contributed by atoms with E-state index in [0.29, 0.717) is 16.9 Å². The second-order valence-corrected chi connectivity index (χ2v) is 10.3. The Balaban J connectivity index is 1.18. The van der Waals surface area contributed by atoms with Gasteiger partial charge in [0, 0.05) is 11.5 Å². The summed E-state index contributed by atoms with van der Waals surface area (Å²) in [6, 6.07) is 23.7. The highest BCUT2D eigenvalue weighted by Gasteiger charge is 2.17. The van der Waals surface area contributed by atoms with Crippen LogP contribution >= 0.6 is 23.5 Å². The van der Waals surface area contributed by atoms with Crippen molar-refractivity contribution in [2.45, 2.75) is 18.1 Å². The third-order valence-corrected chi connectivity index (χ3v) is 8.02. The van der Waals surface area contributed by atoms with Crippen LogP contribution in [0.3, 0.4) is 0 Å². The van der Waals surface area contributed by atoms with Crippen molar-refractivity contribution in [2.24, 2.45) is 5.10 Å². The second-order valence-electron chi connectivity index (χ2n) is 7.57. The molecule has 1 N–H and O–H groups in total. The molecule has 1 saturated heterocycles. The zero-order chi connectivity index (χ0) is 22.9. The highest BCUT2D eigenvalue weighted by molar-refractivity contribution is 8.19. The molecule has 7 heteroatoms. The number of hydrogen-bond acceptors (Lipinski definition) is 6. The van der Waals surface area contributed by atoms with Gasteiger partial charge in [-0.2, -0.15) is 5.10 Å². The van der Waals surface area contributed by atoms with Gasteiger partial charge in [-0.15, -0.1) is 23.5 Å². The van der Waals surface area contributed by atoms with Crippen LogP contribution in [0.5, 0.6) is 11.5 Å². The van der Waals surface area contributed by atoms with Crippen LogP contribution in [0, 0.1) is 6.92 Å². The molecule has 0 unspecified atom stereocenters. The molecule has 4 rings (SSSR count). The number of aryl methyl sites for hydroxylation is 1. The molecule has 5 nitrogen and oxygen atoms in total. The molecule has 0 bridgehead atoms. The van der Waals surface area contributed by atoms with E-state index in [1.807, 2.05) is 72.1 Å². The largest absolute Gasteiger partial charge is 0.489 e. The van der Waals surface area contributed by atoms with Gasteiger partial charge in [0.25, 0.3) is 5.91 Å². The van der Waals surface area contributed by atoms with Crippen LogP contribution in [0.1, 0.15) is 26.8 Å². The Morgan fingerprint density at radius 1 is 1.00 bits per heavy atom. The SMILES string of the molecule is Cc1cccc(COc2ccc(/C=N\NC(=O)COc3ccc(C4SCCS4)cc3)cc2)c1. The number of carbonyl (C=O) groups is 1. The molecule has 0 saturated carbocycles. The van der Waals surface area contributed by atoms with E-state index in [4.69, 9.17) is 9.47 Å². The Kier molecular flexibility index (Phi) is 8.33. The number of ether oxygens (including phenoxy) is 2. The first kappa shape index (κ1) is 23.3. The molecule has 1 heterocycles. The van der Waals surface area contributed by atoms with Gasteiger partial charge in [-0.3, -0.25) is 4.79 Å². The summed E-state index contributed by atoms with van der Waals surface area (Å²) in [7, 11) is 0. The van der Waals surface area contributed by atoms with Crippen molar-refractivity contribution < 1.29 is 14.3 Å². The summed E-state index contributed by atoms with van der Waals surface area (Å²) in [5.74, 6) is 3.53. The monoisotopic (exact) mass is 478 g/mol. The fourth-order valence-electron chi connectivity index (χ4n) is 3.25. The Morgan fingerprint density at radius 2 is 1.70 bits per heavy atom. The number of carbonyl (C=O) groups excluding carboxylic acids is 1. The lowest BCUT2D eigenvalue weighted by atomic mass is 10.1. The first-order valence-corrected chi connectivity index (χ1v) is 12.8. The van der Waals surface area contributed by atoms with Crippen molar-refractivity contribution >= 4 is 35.6 Å². The summed E-state index contributed by atoms with van der Waals surface area (Å²) in [4.78, 5) is 12.0. The van der Waals surface area contributed by atoms with E-state index >= 15 is 0 Å². The molecule has 33 heavy (non-hydrogen) atoms. The highest BCUT2D eigenvalue weighted by Crippen LogP contribution is 2.45. The van der Waals surface area contributed by atoms with Crippen molar-refractivity contribution in [3.8, 4) is 11.5 Å². The third kappa shape index (κ3) is 7.30. The molecular weight excluding hydrogens is 452 g/mol. The summed E-state index contributed by atoms with van der Waals surface area (Å²) in [6.45, 7) is 2.50. The molecule has 1 amide bonds. The van der Waals surface area contributed by atoms with Gasteiger partial charge < -0.3 is 9.47 Å². The molecule has 1 aliphatic heterocycles. The predicted octanol–water partition coefficient (Wildman–Crippen LogP) is 5.58. The summed E-state index contributed by atoms with van der Waals surface area (Å²) in [5, 5.41) is 4.00. The van der Waals surface area contributed by atoms with E-state index in [-0.39, 0.29) is 12.5 Å². The molecule has 0 aliphatic carbocycles. The third-order valence-electron chi connectivity index (χ3n) is 4.91. The number of rotatable bonds is 9. The van der Waals surface area contributed by atoms with Gasteiger partial charge in [-0.05, 0) is 60.0 Å². The summed E-state index contributed by atoms with van der Waals surface area (Å²) < 4.78 is 11.9. The normalized spacial score (nSPS) is 13.8. The Morgan fingerprint density at radius 3 is 2.42 bits per heavy atom. The van der Waals surface area contributed by atoms with Crippen LogP contribution < -0.4 is 14.9 Å². The van der Waals surface area contributed by atoms with Crippen LogP contribution in [0.25, 0.3) is 0 Å². The lowest BCUT2D eigenvalue weighted by Gasteiger charge is -2.10. The molecule has 0 aromatic heterocycles. The standard InChI is InChI=1S/C26H26N2O3S2/c1-19-3-2-4-21(15-19)17-30-23-9-5-20(6-10-23)16-27-28-25(29)18-31-24-11-7-22(8-12-24)26-32-13-14-33-26/h2-12,15-16,26H,13-14,17-18H2,1H3,(H,28,29)/b27-16-. The van der Waals surface area contributed by atoms with Gasteiger partial charge in [0.05, 0.1) is 10.8 Å². The minimum Gasteiger partial charge on any atom is -0.489 e. The maximum absolute atomic E-state index is 12.0. The summed E-state index contributed by atoms with van der Waals surface area (Å²) >= 11 is 3.93. The van der Waals surface area contributed by atoms with E-state index in [1.54, 1.807) is 6.21 Å². The molecule has 3 aromatic rings. The van der Waals surface area contributed by atoms with Crippen molar-refractivity contribution in [1.82, 2.24) is 5.43 Å². The van der Waals surface area contributed by atoms with Crippen LogP contribution in [0.15, 0.2) is 77.9 Å². The number of hydrogen-bond donors (Lipinski definition) is 1. The zero-order valence-corrected chi connectivity index (χ0v) is 20.0. The molecule has 3 aromatic carbocycles. The average molecular weight is 479 g/mol. The molecular formula is C26H26N2O3S2. The maximum Gasteiger partial charge on any atom is 0.277 e. The number of amides is 1. The summed E-state index contributed by atoms with van der Waals surface area (Å²) in [5.41, 5.74) is 6.98. The second kappa shape index (κ2) is 11.8. The molecule has 0 radical (unpaired) electrons. The molecule has 1 fully saturated rings. The number of nitrogens with one attached hydrogen (secondary N) is 1. The van der Waals surface area contributed by atoms with Gasteiger partial charge in [0.1, 0.15) is 18.1 Å². The minimum atomic E-state index is -0.310. The van der Waals surface area contributed by atoms with E-state index < -0.39 is 0 Å². The highest BCUT2D eigenvalue weighted by atomic mass is 32.2. The predicted molar refractivity (Wildman–Crippen MR) is 137 cm³/mol. The van der Waals surface area contributed by atoms with Gasteiger partial charge in [-0.25, -0.2) is 5.43 Å². The molecule has 0 atom stereocenters. The van der Waals surface area contributed by atoms with Crippen molar-refractivity contribution in [2.75, 3.05) is 18.1 Å². The zero-order valence-electron chi connectivity index (χ0n) is 18.4. The molecule has 0 spiro atoms. The van der Waals surface area contributed by atoms with Crippen LogP contribution in [-0.2, 0) is 11.4 Å². The first-order chi connectivity index (χ1) is 16.2. The lowest BCUT2D eigenvalue weighted by molar-refractivity contribution is -0.123. The molecule has 170 valence electrons. The van der Waals surface area contributed by atoms with Gasteiger partial charge >= 0.3 is 0 Å². The number of benzene rings is 3. The fraction of sp³-hybridized carbons (Fsp3) is 0.231. The van der Waals surface area contributed by atoms with E-state index in [9.17, 15) is 4.79 Å². The topological polar surface area (TPSA) is 59.9 Å². The van der Waals surface area contributed by atoms with Gasteiger partial charge in [-0.1, -0.05) is 42.0 Å². The van der Waals surface area contributed by atoms with E-state index in [0.717, 1.165) is 16.9 Å². The maximum atomic E-state index is 12.0. The van der Waals surface area contributed by atoms with Crippen molar-refractivity contribution in [1.29, 1.82) is 0 Å². The quantitative estimate of drug-likeness (QED) is 0.321. The average Bonchev–Trinajstić information content (AvgIpc) is 3.38. The van der Waals surface area contributed by atoms with E-state index in [2.05, 4.69) is 41.7 Å². The van der Waals surface area contributed by atoms with E-state index in [1.165, 1.54) is 22.6 Å². The Hall–Kier alpha value is -2.90. The van der Waals surface area contributed by atoms with Crippen molar-refractivity contribution in [3.63, 3.8) is 0 Å². The lowest BCUT2D eigenvalue weighted by Crippen LogP contribution is -2.24. The van der Waals surface area contributed by atoms with Crippen molar-refractivity contribution in [3.05, 3.63) is 95.1 Å². The number of thioether (sulfide) groups is 2. The number of hydrazone groups is 1. The fourth-order valence-corrected chi connectivity index (χ4v) is 6.11. The molecule has 1 aliphatic rings. The van der Waals surface area contributed by atoms with Crippen LogP contribution in [0.2, 0.25) is 0 Å². The Bertz CT molecular complexity index is 1080. The minimum absolute atomic E-state index is 0.0879. The Labute approximate surface area is 203 Å².